The van der Waals surface area contributed by atoms with E-state index < -0.39 is 5.54 Å². The Bertz CT molecular complexity index is 326. The molecule has 0 amide bonds. The Labute approximate surface area is 92.0 Å². The molecular weight excluding hydrogens is 246 g/mol. The lowest BCUT2D eigenvalue weighted by Crippen LogP contribution is -2.37. The van der Waals surface area contributed by atoms with Crippen LogP contribution in [-0.2, 0) is 5.54 Å². The van der Waals surface area contributed by atoms with E-state index in [0.717, 1.165) is 15.8 Å². The second-order valence-corrected chi connectivity index (χ2v) is 4.28. The van der Waals surface area contributed by atoms with Crippen LogP contribution in [0.15, 0.2) is 22.7 Å². The number of aliphatic hydroxyl groups excluding tert-OH is 1. The number of ether oxygens (including phenoxy) is 1. The van der Waals surface area contributed by atoms with E-state index in [0.29, 0.717) is 0 Å². The molecule has 0 aromatic heterocycles. The smallest absolute Gasteiger partial charge is 0.119 e. The third kappa shape index (κ3) is 2.26. The minimum atomic E-state index is -0.757. The summed E-state index contributed by atoms with van der Waals surface area (Å²) in [4.78, 5) is 0. The molecule has 1 rings (SSSR count). The van der Waals surface area contributed by atoms with Gasteiger partial charge in [0, 0.05) is 4.47 Å². The summed E-state index contributed by atoms with van der Waals surface area (Å²) in [6, 6.07) is 5.51. The summed E-state index contributed by atoms with van der Waals surface area (Å²) in [5.74, 6) is 0.730. The van der Waals surface area contributed by atoms with E-state index in [-0.39, 0.29) is 6.61 Å². The van der Waals surface area contributed by atoms with Crippen molar-refractivity contribution in [2.45, 2.75) is 12.5 Å². The van der Waals surface area contributed by atoms with Crippen molar-refractivity contribution in [2.75, 3.05) is 13.7 Å². The van der Waals surface area contributed by atoms with Crippen LogP contribution in [0, 0.1) is 0 Å². The number of benzene rings is 1. The Morgan fingerprint density at radius 3 is 2.71 bits per heavy atom. The number of nitrogens with two attached hydrogens (primary N) is 1. The summed E-state index contributed by atoms with van der Waals surface area (Å²) in [5, 5.41) is 9.15. The maximum absolute atomic E-state index is 9.15. The summed E-state index contributed by atoms with van der Waals surface area (Å²) in [6.07, 6.45) is 0. The van der Waals surface area contributed by atoms with Gasteiger partial charge in [0.15, 0.2) is 0 Å². The molecule has 1 atom stereocenters. The monoisotopic (exact) mass is 259 g/mol. The molecule has 0 saturated carbocycles. The number of hydrogen-bond acceptors (Lipinski definition) is 3. The van der Waals surface area contributed by atoms with E-state index >= 15 is 0 Å². The standard InChI is InChI=1S/C10H14BrNO2/c1-10(12,6-13)8-5-7(14-2)3-4-9(8)11/h3-5,13H,6,12H2,1-2H3. The van der Waals surface area contributed by atoms with Crippen molar-refractivity contribution in [3.63, 3.8) is 0 Å². The topological polar surface area (TPSA) is 55.5 Å². The predicted octanol–water partition coefficient (Wildman–Crippen LogP) is 1.62. The van der Waals surface area contributed by atoms with E-state index in [2.05, 4.69) is 15.9 Å². The lowest BCUT2D eigenvalue weighted by molar-refractivity contribution is 0.209. The minimum Gasteiger partial charge on any atom is -0.497 e. The quantitative estimate of drug-likeness (QED) is 0.868. The van der Waals surface area contributed by atoms with Gasteiger partial charge in [-0.15, -0.1) is 0 Å². The highest BCUT2D eigenvalue weighted by Crippen LogP contribution is 2.29. The molecule has 0 fully saturated rings. The van der Waals surface area contributed by atoms with Crippen LogP contribution in [0.1, 0.15) is 12.5 Å². The van der Waals surface area contributed by atoms with Gasteiger partial charge in [-0.05, 0) is 30.7 Å². The summed E-state index contributed by atoms with van der Waals surface area (Å²) in [5.41, 5.74) is 6.00. The molecule has 3 N–H and O–H groups in total. The first-order chi connectivity index (χ1) is 6.51. The zero-order valence-corrected chi connectivity index (χ0v) is 9.84. The molecule has 0 bridgehead atoms. The first-order valence-corrected chi connectivity index (χ1v) is 5.04. The van der Waals surface area contributed by atoms with Crippen molar-refractivity contribution >= 4 is 15.9 Å². The Morgan fingerprint density at radius 2 is 2.21 bits per heavy atom. The molecule has 1 unspecified atom stereocenters. The van der Waals surface area contributed by atoms with E-state index in [1.807, 2.05) is 18.2 Å². The molecule has 0 aliphatic rings. The Balaban J connectivity index is 3.18. The van der Waals surface area contributed by atoms with Crippen molar-refractivity contribution < 1.29 is 9.84 Å². The lowest BCUT2D eigenvalue weighted by Gasteiger charge is -2.24. The van der Waals surface area contributed by atoms with Gasteiger partial charge in [0.2, 0.25) is 0 Å². The molecule has 0 aliphatic carbocycles. The van der Waals surface area contributed by atoms with Crippen LogP contribution in [0.2, 0.25) is 0 Å². The first kappa shape index (κ1) is 11.5. The van der Waals surface area contributed by atoms with Crippen molar-refractivity contribution in [3.05, 3.63) is 28.2 Å². The summed E-state index contributed by atoms with van der Waals surface area (Å²) < 4.78 is 5.96. The lowest BCUT2D eigenvalue weighted by atomic mass is 9.94. The molecule has 78 valence electrons. The predicted molar refractivity (Wildman–Crippen MR) is 59.3 cm³/mol. The van der Waals surface area contributed by atoms with Crippen LogP contribution >= 0.6 is 15.9 Å². The maximum Gasteiger partial charge on any atom is 0.119 e. The first-order valence-electron chi connectivity index (χ1n) is 4.25. The van der Waals surface area contributed by atoms with Gasteiger partial charge < -0.3 is 15.6 Å². The SMILES string of the molecule is COc1ccc(Br)c(C(C)(N)CO)c1. The molecule has 3 nitrogen and oxygen atoms in total. The van der Waals surface area contributed by atoms with Crippen LogP contribution in [-0.4, -0.2) is 18.8 Å². The van der Waals surface area contributed by atoms with Crippen LogP contribution < -0.4 is 10.5 Å². The maximum atomic E-state index is 9.15. The fourth-order valence-electron chi connectivity index (χ4n) is 1.15. The van der Waals surface area contributed by atoms with E-state index in [1.165, 1.54) is 0 Å². The number of rotatable bonds is 3. The second-order valence-electron chi connectivity index (χ2n) is 3.42. The average Bonchev–Trinajstić information content (AvgIpc) is 2.18. The molecule has 14 heavy (non-hydrogen) atoms. The molecular formula is C10H14BrNO2. The number of methoxy groups -OCH3 is 1. The molecule has 1 aromatic rings. The van der Waals surface area contributed by atoms with Crippen molar-refractivity contribution in [1.82, 2.24) is 0 Å². The highest BCUT2D eigenvalue weighted by Gasteiger charge is 2.23. The van der Waals surface area contributed by atoms with Gasteiger partial charge in [-0.1, -0.05) is 15.9 Å². The molecule has 0 radical (unpaired) electrons. The zero-order valence-electron chi connectivity index (χ0n) is 8.25. The van der Waals surface area contributed by atoms with E-state index in [9.17, 15) is 0 Å². The Hall–Kier alpha value is -0.580. The molecule has 4 heteroatoms. The Morgan fingerprint density at radius 1 is 1.57 bits per heavy atom. The second kappa shape index (κ2) is 4.29. The van der Waals surface area contributed by atoms with E-state index in [4.69, 9.17) is 15.6 Å². The molecule has 0 saturated heterocycles. The van der Waals surface area contributed by atoms with Gasteiger partial charge in [0.05, 0.1) is 19.3 Å². The average molecular weight is 260 g/mol. The summed E-state index contributed by atoms with van der Waals surface area (Å²) in [6.45, 7) is 1.66. The number of aliphatic hydroxyl groups is 1. The minimum absolute atomic E-state index is 0.112. The van der Waals surface area contributed by atoms with Crippen molar-refractivity contribution in [2.24, 2.45) is 5.73 Å². The third-order valence-corrected chi connectivity index (χ3v) is 2.81. The highest BCUT2D eigenvalue weighted by molar-refractivity contribution is 9.10. The van der Waals surface area contributed by atoms with Gasteiger partial charge in [0.1, 0.15) is 5.75 Å². The molecule has 0 aliphatic heterocycles. The van der Waals surface area contributed by atoms with Crippen LogP contribution in [0.25, 0.3) is 0 Å². The third-order valence-electron chi connectivity index (χ3n) is 2.12. The van der Waals surface area contributed by atoms with Crippen LogP contribution in [0.3, 0.4) is 0 Å². The summed E-state index contributed by atoms with van der Waals surface area (Å²) in [7, 11) is 1.60. The highest BCUT2D eigenvalue weighted by atomic mass is 79.9. The van der Waals surface area contributed by atoms with Crippen molar-refractivity contribution in [3.8, 4) is 5.75 Å². The number of halogens is 1. The molecule has 0 spiro atoms. The van der Waals surface area contributed by atoms with Gasteiger partial charge in [-0.2, -0.15) is 0 Å². The van der Waals surface area contributed by atoms with Gasteiger partial charge in [-0.3, -0.25) is 0 Å². The van der Waals surface area contributed by atoms with Crippen LogP contribution in [0.5, 0.6) is 5.75 Å². The van der Waals surface area contributed by atoms with Crippen molar-refractivity contribution in [1.29, 1.82) is 0 Å². The number of hydrogen-bond donors (Lipinski definition) is 2. The van der Waals surface area contributed by atoms with Gasteiger partial charge in [0.25, 0.3) is 0 Å². The molecule has 1 aromatic carbocycles. The Kier molecular flexibility index (Phi) is 3.53. The van der Waals surface area contributed by atoms with Gasteiger partial charge in [-0.25, -0.2) is 0 Å². The molecule has 0 heterocycles. The fraction of sp³-hybridized carbons (Fsp3) is 0.400. The normalized spacial score (nSPS) is 14.9. The fourth-order valence-corrected chi connectivity index (χ4v) is 1.85. The van der Waals surface area contributed by atoms with Crippen LogP contribution in [0.4, 0.5) is 0 Å². The van der Waals surface area contributed by atoms with Gasteiger partial charge >= 0.3 is 0 Å². The largest absolute Gasteiger partial charge is 0.497 e. The van der Waals surface area contributed by atoms with E-state index in [1.54, 1.807) is 14.0 Å². The summed E-state index contributed by atoms with van der Waals surface area (Å²) >= 11 is 3.39. The zero-order chi connectivity index (χ0) is 10.8.